The number of hydrogen-bond acceptors (Lipinski definition) is 2. The molecule has 27 heavy (non-hydrogen) atoms. The second-order valence-electron chi connectivity index (χ2n) is 8.90. The van der Waals surface area contributed by atoms with Crippen molar-refractivity contribution in [2.45, 2.75) is 58.3 Å². The Balaban J connectivity index is 2.14. The van der Waals surface area contributed by atoms with E-state index in [1.165, 1.54) is 23.1 Å². The Labute approximate surface area is 163 Å². The first-order chi connectivity index (χ1) is 12.7. The van der Waals surface area contributed by atoms with Gasteiger partial charge in [-0.2, -0.15) is 5.26 Å². The molecule has 0 saturated carbocycles. The largest absolute Gasteiger partial charge is 0.496 e. The molecule has 0 radical (unpaired) electrons. The van der Waals surface area contributed by atoms with Gasteiger partial charge < -0.3 is 4.74 Å². The maximum Gasteiger partial charge on any atom is 0.130 e. The van der Waals surface area contributed by atoms with Crippen LogP contribution in [0.15, 0.2) is 30.3 Å². The Morgan fingerprint density at radius 3 is 2.22 bits per heavy atom. The first-order valence-electron chi connectivity index (χ1n) is 9.60. The Hall–Kier alpha value is -2.53. The lowest BCUT2D eigenvalue weighted by Crippen LogP contribution is -2.34. The zero-order valence-corrected chi connectivity index (χ0v) is 17.3. The number of ether oxygens (including phenoxy) is 1. The maximum absolute atomic E-state index is 8.96. The fourth-order valence-corrected chi connectivity index (χ4v) is 4.16. The molecule has 1 aliphatic rings. The molecule has 3 rings (SSSR count). The summed E-state index contributed by atoms with van der Waals surface area (Å²) >= 11 is 0. The van der Waals surface area contributed by atoms with Crippen LogP contribution in [0.4, 0.5) is 0 Å². The highest BCUT2D eigenvalue weighted by Crippen LogP contribution is 2.51. The molecule has 1 aliphatic carbocycles. The molecule has 0 aromatic heterocycles. The Morgan fingerprint density at radius 1 is 1.00 bits per heavy atom. The minimum absolute atomic E-state index is 0.0981. The van der Waals surface area contributed by atoms with Crippen LogP contribution < -0.4 is 4.74 Å². The molecular formula is C25H29NO. The molecule has 0 fully saturated rings. The first kappa shape index (κ1) is 19.2. The van der Waals surface area contributed by atoms with Crippen LogP contribution in [0.1, 0.15) is 73.9 Å². The Kier molecular flexibility index (Phi) is 4.91. The molecule has 2 nitrogen and oxygen atoms in total. The molecule has 0 unspecified atom stereocenters. The molecule has 0 atom stereocenters. The third-order valence-electron chi connectivity index (χ3n) is 5.99. The van der Waals surface area contributed by atoms with Crippen LogP contribution in [0.5, 0.6) is 5.75 Å². The number of hydrogen-bond donors (Lipinski definition) is 0. The van der Waals surface area contributed by atoms with Gasteiger partial charge in [-0.05, 0) is 59.4 Å². The number of nitriles is 1. The van der Waals surface area contributed by atoms with Gasteiger partial charge in [0.15, 0.2) is 0 Å². The number of fused-ring (bicyclic) bond motifs is 1. The van der Waals surface area contributed by atoms with Crippen molar-refractivity contribution in [3.05, 3.63) is 63.7 Å². The summed E-state index contributed by atoms with van der Waals surface area (Å²) < 4.78 is 5.98. The maximum atomic E-state index is 8.96. The van der Waals surface area contributed by atoms with Crippen molar-refractivity contribution in [2.75, 3.05) is 7.11 Å². The van der Waals surface area contributed by atoms with E-state index < -0.39 is 0 Å². The average molecular weight is 360 g/mol. The molecule has 0 aliphatic heterocycles. The third kappa shape index (κ3) is 3.52. The number of methoxy groups -OCH3 is 1. The topological polar surface area (TPSA) is 33.0 Å². The summed E-state index contributed by atoms with van der Waals surface area (Å²) in [6.45, 7) is 11.5. The molecule has 0 N–H and O–H groups in total. The number of aryl methyl sites for hydroxylation is 1. The second kappa shape index (κ2) is 6.89. The van der Waals surface area contributed by atoms with Crippen LogP contribution in [0.25, 0.3) is 12.2 Å². The van der Waals surface area contributed by atoms with E-state index in [0.717, 1.165) is 23.3 Å². The smallest absolute Gasteiger partial charge is 0.130 e. The van der Waals surface area contributed by atoms with Crippen molar-refractivity contribution in [2.24, 2.45) is 0 Å². The van der Waals surface area contributed by atoms with Crippen molar-refractivity contribution in [3.8, 4) is 11.8 Å². The van der Waals surface area contributed by atoms with Gasteiger partial charge in [-0.3, -0.25) is 0 Å². The number of benzene rings is 2. The zero-order valence-electron chi connectivity index (χ0n) is 17.3. The minimum atomic E-state index is 0.0981. The quantitative estimate of drug-likeness (QED) is 0.594. The van der Waals surface area contributed by atoms with Crippen LogP contribution in [-0.4, -0.2) is 7.11 Å². The van der Waals surface area contributed by atoms with Gasteiger partial charge in [0.1, 0.15) is 5.75 Å². The summed E-state index contributed by atoms with van der Waals surface area (Å²) in [6, 6.07) is 12.2. The Bertz CT molecular complexity index is 924. The highest BCUT2D eigenvalue weighted by Gasteiger charge is 2.40. The predicted molar refractivity (Wildman–Crippen MR) is 113 cm³/mol. The lowest BCUT2D eigenvalue weighted by atomic mass is 9.62. The average Bonchev–Trinajstić information content (AvgIpc) is 2.64. The van der Waals surface area contributed by atoms with Crippen molar-refractivity contribution in [1.82, 2.24) is 0 Å². The fourth-order valence-electron chi connectivity index (χ4n) is 4.16. The van der Waals surface area contributed by atoms with E-state index >= 15 is 0 Å². The Morgan fingerprint density at radius 2 is 1.63 bits per heavy atom. The van der Waals surface area contributed by atoms with Gasteiger partial charge >= 0.3 is 0 Å². The van der Waals surface area contributed by atoms with E-state index in [2.05, 4.69) is 58.9 Å². The monoisotopic (exact) mass is 359 g/mol. The van der Waals surface area contributed by atoms with Crippen LogP contribution in [-0.2, 0) is 10.8 Å². The summed E-state index contributed by atoms with van der Waals surface area (Å²) in [7, 11) is 1.78. The number of nitrogens with zero attached hydrogens (tertiary/aromatic N) is 1. The normalized spacial score (nSPS) is 17.4. The van der Waals surface area contributed by atoms with Crippen LogP contribution in [0.2, 0.25) is 0 Å². The van der Waals surface area contributed by atoms with Crippen LogP contribution >= 0.6 is 0 Å². The molecule has 0 saturated heterocycles. The van der Waals surface area contributed by atoms with Gasteiger partial charge in [0.2, 0.25) is 0 Å². The van der Waals surface area contributed by atoms with Crippen molar-refractivity contribution < 1.29 is 4.74 Å². The molecule has 0 spiro atoms. The summed E-state index contributed by atoms with van der Waals surface area (Å²) in [5.41, 5.74) is 7.17. The summed E-state index contributed by atoms with van der Waals surface area (Å²) in [4.78, 5) is 0. The van der Waals surface area contributed by atoms with E-state index in [1.807, 2.05) is 24.3 Å². The van der Waals surface area contributed by atoms with Gasteiger partial charge in [-0.15, -0.1) is 0 Å². The van der Waals surface area contributed by atoms with Gasteiger partial charge in [-0.25, -0.2) is 0 Å². The molecule has 0 heterocycles. The van der Waals surface area contributed by atoms with Crippen LogP contribution in [0.3, 0.4) is 0 Å². The molecular weight excluding hydrogens is 330 g/mol. The molecule has 2 heteroatoms. The highest BCUT2D eigenvalue weighted by atomic mass is 16.5. The van der Waals surface area contributed by atoms with E-state index in [1.54, 1.807) is 7.11 Å². The van der Waals surface area contributed by atoms with Gasteiger partial charge in [0.05, 0.1) is 18.7 Å². The third-order valence-corrected chi connectivity index (χ3v) is 5.99. The van der Waals surface area contributed by atoms with Crippen molar-refractivity contribution >= 4 is 12.2 Å². The molecule has 0 amide bonds. The predicted octanol–water partition coefficient (Wildman–Crippen LogP) is 6.39. The molecule has 140 valence electrons. The SMILES string of the molecule is COc1c(/C=C/c2ccc(C#N)cc2)c(C)cc2c1C(C)(C)CCC2(C)C. The van der Waals surface area contributed by atoms with Crippen LogP contribution in [0, 0.1) is 18.3 Å². The second-order valence-corrected chi connectivity index (χ2v) is 8.90. The van der Waals surface area contributed by atoms with Crippen molar-refractivity contribution in [1.29, 1.82) is 5.26 Å². The van der Waals surface area contributed by atoms with Gasteiger partial charge in [0, 0.05) is 11.1 Å². The lowest BCUT2D eigenvalue weighted by Gasteiger charge is -2.43. The van der Waals surface area contributed by atoms with E-state index in [4.69, 9.17) is 10.00 Å². The van der Waals surface area contributed by atoms with E-state index in [9.17, 15) is 0 Å². The minimum Gasteiger partial charge on any atom is -0.496 e. The zero-order chi connectivity index (χ0) is 19.8. The molecule has 2 aromatic rings. The first-order valence-corrected chi connectivity index (χ1v) is 9.60. The summed E-state index contributed by atoms with van der Waals surface area (Å²) in [6.07, 6.45) is 6.59. The van der Waals surface area contributed by atoms with Gasteiger partial charge in [-0.1, -0.05) is 58.0 Å². The molecule has 0 bridgehead atoms. The highest BCUT2D eigenvalue weighted by molar-refractivity contribution is 5.77. The standard InChI is InChI=1S/C25H29NO/c1-17-15-21-22(25(4,5)14-13-24(21,2)3)23(27-6)20(17)12-11-18-7-9-19(16-26)10-8-18/h7-12,15H,13-14H2,1-6H3/b12-11+. The lowest BCUT2D eigenvalue weighted by molar-refractivity contribution is 0.311. The fraction of sp³-hybridized carbons (Fsp3) is 0.400. The summed E-state index contributed by atoms with van der Waals surface area (Å²) in [5.74, 6) is 1.01. The van der Waals surface area contributed by atoms with Gasteiger partial charge in [0.25, 0.3) is 0 Å². The van der Waals surface area contributed by atoms with Crippen molar-refractivity contribution in [3.63, 3.8) is 0 Å². The van der Waals surface area contributed by atoms with E-state index in [-0.39, 0.29) is 10.8 Å². The number of rotatable bonds is 3. The molecule has 2 aromatic carbocycles. The van der Waals surface area contributed by atoms with E-state index in [0.29, 0.717) is 5.56 Å². The summed E-state index contributed by atoms with van der Waals surface area (Å²) in [5, 5.41) is 8.96.